The number of benzene rings is 1. The first-order chi connectivity index (χ1) is 9.81. The van der Waals surface area contributed by atoms with E-state index < -0.39 is 0 Å². The van der Waals surface area contributed by atoms with Gasteiger partial charge in [-0.05, 0) is 6.07 Å². The van der Waals surface area contributed by atoms with E-state index >= 15 is 0 Å². The van der Waals surface area contributed by atoms with Crippen molar-refractivity contribution in [3.8, 4) is 11.5 Å². The lowest BCUT2D eigenvalue weighted by atomic mass is 10.2. The van der Waals surface area contributed by atoms with Gasteiger partial charge in [0.2, 0.25) is 0 Å². The second kappa shape index (κ2) is 5.52. The average molecular weight is 290 g/mol. The lowest BCUT2D eigenvalue weighted by Gasteiger charge is -2.13. The summed E-state index contributed by atoms with van der Waals surface area (Å²) in [6.07, 6.45) is 3.89. The Hall–Kier alpha value is -2.05. The highest BCUT2D eigenvalue weighted by Crippen LogP contribution is 2.31. The molecular weight excluding hydrogens is 276 g/mol. The molecule has 0 aliphatic heterocycles. The molecule has 0 amide bonds. The van der Waals surface area contributed by atoms with Gasteiger partial charge in [0.05, 0.1) is 19.4 Å². The maximum absolute atomic E-state index is 9.36. The van der Waals surface area contributed by atoms with E-state index in [0.717, 1.165) is 10.7 Å². The van der Waals surface area contributed by atoms with Crippen LogP contribution in [-0.4, -0.2) is 21.6 Å². The average Bonchev–Trinajstić information content (AvgIpc) is 3.05. The van der Waals surface area contributed by atoms with Crippen molar-refractivity contribution in [1.82, 2.24) is 9.38 Å². The van der Waals surface area contributed by atoms with Crippen molar-refractivity contribution < 1.29 is 14.6 Å². The van der Waals surface area contributed by atoms with Crippen LogP contribution in [0.25, 0.3) is 4.96 Å². The van der Waals surface area contributed by atoms with Crippen LogP contribution < -0.4 is 9.47 Å². The van der Waals surface area contributed by atoms with Gasteiger partial charge in [0.15, 0.2) is 16.5 Å². The molecule has 0 spiro atoms. The number of thiazole rings is 1. The Morgan fingerprint density at radius 1 is 1.40 bits per heavy atom. The smallest absolute Gasteiger partial charge is 0.193 e. The van der Waals surface area contributed by atoms with Gasteiger partial charge in [-0.1, -0.05) is 12.1 Å². The Morgan fingerprint density at radius 2 is 2.30 bits per heavy atom. The van der Waals surface area contributed by atoms with E-state index in [1.165, 1.54) is 0 Å². The van der Waals surface area contributed by atoms with E-state index in [1.54, 1.807) is 24.5 Å². The Labute approximate surface area is 120 Å². The summed E-state index contributed by atoms with van der Waals surface area (Å²) in [7, 11) is 1.58. The van der Waals surface area contributed by atoms with E-state index in [0.29, 0.717) is 23.7 Å². The zero-order valence-corrected chi connectivity index (χ0v) is 11.8. The highest BCUT2D eigenvalue weighted by Gasteiger charge is 2.11. The number of aliphatic hydroxyl groups excluding tert-OH is 1. The molecule has 0 aliphatic rings. The van der Waals surface area contributed by atoms with Gasteiger partial charge in [-0.25, -0.2) is 4.98 Å². The fourth-order valence-corrected chi connectivity index (χ4v) is 2.72. The van der Waals surface area contributed by atoms with Gasteiger partial charge in [0.25, 0.3) is 0 Å². The predicted molar refractivity (Wildman–Crippen MR) is 76.3 cm³/mol. The normalized spacial score (nSPS) is 10.9. The van der Waals surface area contributed by atoms with E-state index in [-0.39, 0.29) is 6.61 Å². The Bertz CT molecular complexity index is 669. The number of nitrogens with zero attached hydrogens (tertiary/aromatic N) is 2. The van der Waals surface area contributed by atoms with Crippen molar-refractivity contribution in [2.75, 3.05) is 7.11 Å². The van der Waals surface area contributed by atoms with Crippen molar-refractivity contribution >= 4 is 16.3 Å². The zero-order chi connectivity index (χ0) is 13.9. The summed E-state index contributed by atoms with van der Waals surface area (Å²) in [5, 5.41) is 11.3. The summed E-state index contributed by atoms with van der Waals surface area (Å²) in [6.45, 7) is 0.243. The van der Waals surface area contributed by atoms with Gasteiger partial charge < -0.3 is 14.6 Å². The lowest BCUT2D eigenvalue weighted by molar-refractivity contribution is 0.248. The standard InChI is InChI=1S/C14H14N2O3S/c1-18-12-4-2-3-10(8-17)13(12)19-9-11-7-16-5-6-20-14(16)15-11/h2-7,17H,8-9H2,1H3. The molecule has 0 atom stereocenters. The molecule has 0 radical (unpaired) electrons. The van der Waals surface area contributed by atoms with Crippen molar-refractivity contribution in [2.45, 2.75) is 13.2 Å². The molecule has 2 aromatic heterocycles. The first-order valence-corrected chi connectivity index (χ1v) is 7.00. The van der Waals surface area contributed by atoms with E-state index in [4.69, 9.17) is 9.47 Å². The summed E-state index contributed by atoms with van der Waals surface area (Å²) < 4.78 is 13.0. The van der Waals surface area contributed by atoms with Gasteiger partial charge >= 0.3 is 0 Å². The molecule has 5 nitrogen and oxygen atoms in total. The third-order valence-electron chi connectivity index (χ3n) is 2.96. The summed E-state index contributed by atoms with van der Waals surface area (Å²) in [4.78, 5) is 5.39. The second-order valence-corrected chi connectivity index (χ2v) is 5.09. The van der Waals surface area contributed by atoms with Crippen molar-refractivity contribution in [3.63, 3.8) is 0 Å². The van der Waals surface area contributed by atoms with E-state index in [1.807, 2.05) is 34.3 Å². The zero-order valence-electron chi connectivity index (χ0n) is 10.9. The SMILES string of the molecule is COc1cccc(CO)c1OCc1cn2ccsc2n1. The molecule has 0 fully saturated rings. The predicted octanol–water partition coefficient (Wildman–Crippen LogP) is 2.48. The number of methoxy groups -OCH3 is 1. The van der Waals surface area contributed by atoms with Crippen molar-refractivity contribution in [2.24, 2.45) is 0 Å². The number of fused-ring (bicyclic) bond motifs is 1. The number of aromatic nitrogens is 2. The lowest BCUT2D eigenvalue weighted by Crippen LogP contribution is -2.01. The number of para-hydroxylation sites is 1. The van der Waals surface area contributed by atoms with Crippen LogP contribution in [0.4, 0.5) is 0 Å². The number of aliphatic hydroxyl groups is 1. The quantitative estimate of drug-likeness (QED) is 0.784. The van der Waals surface area contributed by atoms with Gasteiger partial charge in [-0.3, -0.25) is 4.40 Å². The fraction of sp³-hybridized carbons (Fsp3) is 0.214. The molecule has 0 saturated heterocycles. The largest absolute Gasteiger partial charge is 0.493 e. The molecular formula is C14H14N2O3S. The Kier molecular flexibility index (Phi) is 3.58. The number of rotatable bonds is 5. The minimum atomic E-state index is -0.0924. The van der Waals surface area contributed by atoms with Crippen molar-refractivity contribution in [3.05, 3.63) is 47.2 Å². The summed E-state index contributed by atoms with van der Waals surface area (Å²) in [5.41, 5.74) is 1.54. The molecule has 104 valence electrons. The third-order valence-corrected chi connectivity index (χ3v) is 3.73. The maximum atomic E-state index is 9.36. The minimum absolute atomic E-state index is 0.0924. The number of ether oxygens (including phenoxy) is 2. The first kappa shape index (κ1) is 13.0. The molecule has 3 aromatic rings. The molecule has 0 aliphatic carbocycles. The van der Waals surface area contributed by atoms with Crippen LogP contribution >= 0.6 is 11.3 Å². The topological polar surface area (TPSA) is 56.0 Å². The van der Waals surface area contributed by atoms with Crippen LogP contribution in [0.5, 0.6) is 11.5 Å². The number of hydrogen-bond donors (Lipinski definition) is 1. The maximum Gasteiger partial charge on any atom is 0.193 e. The Morgan fingerprint density at radius 3 is 3.05 bits per heavy atom. The molecule has 2 heterocycles. The molecule has 6 heteroatoms. The molecule has 0 bridgehead atoms. The van der Waals surface area contributed by atoms with Crippen LogP contribution in [0.3, 0.4) is 0 Å². The molecule has 3 rings (SSSR count). The summed E-state index contributed by atoms with van der Waals surface area (Å²) in [5.74, 6) is 1.17. The fourth-order valence-electron chi connectivity index (χ4n) is 2.00. The highest BCUT2D eigenvalue weighted by molar-refractivity contribution is 7.15. The molecule has 0 unspecified atom stereocenters. The summed E-state index contributed by atoms with van der Waals surface area (Å²) >= 11 is 1.58. The van der Waals surface area contributed by atoms with Crippen molar-refractivity contribution in [1.29, 1.82) is 0 Å². The second-order valence-electron chi connectivity index (χ2n) is 4.22. The van der Waals surface area contributed by atoms with E-state index in [2.05, 4.69) is 4.98 Å². The molecule has 1 N–H and O–H groups in total. The van der Waals surface area contributed by atoms with Gasteiger partial charge in [-0.15, -0.1) is 11.3 Å². The van der Waals surface area contributed by atoms with Gasteiger partial charge in [-0.2, -0.15) is 0 Å². The third kappa shape index (κ3) is 2.35. The molecule has 1 aromatic carbocycles. The monoisotopic (exact) mass is 290 g/mol. The van der Waals surface area contributed by atoms with Gasteiger partial charge in [0, 0.05) is 23.3 Å². The highest BCUT2D eigenvalue weighted by atomic mass is 32.1. The van der Waals surface area contributed by atoms with Crippen LogP contribution in [0.1, 0.15) is 11.3 Å². The van der Waals surface area contributed by atoms with Crippen LogP contribution in [0.15, 0.2) is 36.0 Å². The number of hydrogen-bond acceptors (Lipinski definition) is 5. The van der Waals surface area contributed by atoms with Crippen LogP contribution in [0, 0.1) is 0 Å². The molecule has 0 saturated carbocycles. The van der Waals surface area contributed by atoms with Gasteiger partial charge in [0.1, 0.15) is 6.61 Å². The van der Waals surface area contributed by atoms with Crippen LogP contribution in [-0.2, 0) is 13.2 Å². The van der Waals surface area contributed by atoms with Crippen LogP contribution in [0.2, 0.25) is 0 Å². The Balaban J connectivity index is 1.82. The first-order valence-electron chi connectivity index (χ1n) is 6.12. The minimum Gasteiger partial charge on any atom is -0.493 e. The molecule has 20 heavy (non-hydrogen) atoms. The number of imidazole rings is 1. The van der Waals surface area contributed by atoms with E-state index in [9.17, 15) is 5.11 Å². The summed E-state index contributed by atoms with van der Waals surface area (Å²) in [6, 6.07) is 5.44.